The summed E-state index contributed by atoms with van der Waals surface area (Å²) in [6.07, 6.45) is 0. The molecule has 0 bridgehead atoms. The van der Waals surface area contributed by atoms with E-state index >= 15 is 0 Å². The molecule has 0 spiro atoms. The molecule has 26 heavy (non-hydrogen) atoms. The van der Waals surface area contributed by atoms with Crippen LogP contribution in [-0.2, 0) is 14.8 Å². The molecule has 134 valence electrons. The van der Waals surface area contributed by atoms with Gasteiger partial charge in [0.25, 0.3) is 11.8 Å². The van der Waals surface area contributed by atoms with Gasteiger partial charge in [-0.15, -0.1) is 0 Å². The summed E-state index contributed by atoms with van der Waals surface area (Å²) in [6.45, 7) is -0.351. The summed E-state index contributed by atoms with van der Waals surface area (Å²) < 4.78 is 27.5. The van der Waals surface area contributed by atoms with Crippen molar-refractivity contribution in [3.05, 3.63) is 59.7 Å². The van der Waals surface area contributed by atoms with Crippen LogP contribution in [-0.4, -0.2) is 26.8 Å². The fourth-order valence-electron chi connectivity index (χ4n) is 1.81. The van der Waals surface area contributed by atoms with Gasteiger partial charge in [0.15, 0.2) is 6.61 Å². The molecule has 2 rings (SSSR count). The van der Waals surface area contributed by atoms with E-state index in [9.17, 15) is 18.0 Å². The molecule has 0 radical (unpaired) electrons. The molecule has 0 heterocycles. The van der Waals surface area contributed by atoms with Gasteiger partial charge in [-0.25, -0.2) is 13.6 Å². The summed E-state index contributed by atoms with van der Waals surface area (Å²) in [7, 11) is -3.84. The van der Waals surface area contributed by atoms with E-state index in [1.807, 2.05) is 6.07 Å². The SMILES string of the molecule is N#Cc1ccc(OCC(=O)NNC(=O)c2ccc(S(N)(=O)=O)cc2)cc1. The van der Waals surface area contributed by atoms with Crippen molar-refractivity contribution in [1.29, 1.82) is 5.26 Å². The van der Waals surface area contributed by atoms with Crippen LogP contribution in [0, 0.1) is 11.3 Å². The van der Waals surface area contributed by atoms with Gasteiger partial charge in [0.05, 0.1) is 16.5 Å². The molecule has 0 atom stereocenters. The molecule has 0 saturated heterocycles. The first kappa shape index (κ1) is 18.9. The first-order chi connectivity index (χ1) is 12.3. The molecule has 0 aromatic heterocycles. The number of nitrogens with zero attached hydrogens (tertiary/aromatic N) is 1. The van der Waals surface area contributed by atoms with Crippen LogP contribution in [0.1, 0.15) is 15.9 Å². The number of primary sulfonamides is 1. The molecule has 0 saturated carbocycles. The number of carbonyl (C=O) groups excluding carboxylic acids is 2. The molecule has 0 unspecified atom stereocenters. The largest absolute Gasteiger partial charge is 0.484 e. The maximum Gasteiger partial charge on any atom is 0.276 e. The summed E-state index contributed by atoms with van der Waals surface area (Å²) in [5.41, 5.74) is 4.92. The summed E-state index contributed by atoms with van der Waals surface area (Å²) >= 11 is 0. The summed E-state index contributed by atoms with van der Waals surface area (Å²) in [4.78, 5) is 23.4. The van der Waals surface area contributed by atoms with E-state index < -0.39 is 21.8 Å². The molecular weight excluding hydrogens is 360 g/mol. The van der Waals surface area contributed by atoms with Crippen LogP contribution in [0.4, 0.5) is 0 Å². The van der Waals surface area contributed by atoms with Crippen molar-refractivity contribution in [3.8, 4) is 11.8 Å². The fraction of sp³-hybridized carbons (Fsp3) is 0.0625. The Hall–Kier alpha value is -3.42. The third-order valence-corrected chi connectivity index (χ3v) is 4.04. The Labute approximate surface area is 149 Å². The third kappa shape index (κ3) is 5.30. The number of nitrogens with one attached hydrogen (secondary N) is 2. The Kier molecular flexibility index (Phi) is 5.90. The Morgan fingerprint density at radius 1 is 1.04 bits per heavy atom. The molecule has 0 fully saturated rings. The van der Waals surface area contributed by atoms with Crippen molar-refractivity contribution in [1.82, 2.24) is 10.9 Å². The lowest BCUT2D eigenvalue weighted by Crippen LogP contribution is -2.43. The lowest BCUT2D eigenvalue weighted by Gasteiger charge is -2.09. The quantitative estimate of drug-likeness (QED) is 0.629. The molecule has 0 aliphatic carbocycles. The van der Waals surface area contributed by atoms with Crippen molar-refractivity contribution >= 4 is 21.8 Å². The van der Waals surface area contributed by atoms with E-state index in [0.29, 0.717) is 11.3 Å². The zero-order chi connectivity index (χ0) is 19.2. The minimum Gasteiger partial charge on any atom is -0.484 e. The van der Waals surface area contributed by atoms with Crippen molar-refractivity contribution in [2.45, 2.75) is 4.90 Å². The zero-order valence-corrected chi connectivity index (χ0v) is 14.1. The second-order valence-electron chi connectivity index (χ2n) is 5.00. The minimum absolute atomic E-state index is 0.130. The smallest absolute Gasteiger partial charge is 0.276 e. The van der Waals surface area contributed by atoms with Gasteiger partial charge in [0.2, 0.25) is 10.0 Å². The molecule has 0 aliphatic heterocycles. The number of ether oxygens (including phenoxy) is 1. The highest BCUT2D eigenvalue weighted by Gasteiger charge is 2.11. The van der Waals surface area contributed by atoms with Gasteiger partial charge in [-0.05, 0) is 48.5 Å². The summed E-state index contributed by atoms with van der Waals surface area (Å²) in [6, 6.07) is 13.0. The van der Waals surface area contributed by atoms with Crippen LogP contribution in [0.3, 0.4) is 0 Å². The van der Waals surface area contributed by atoms with Gasteiger partial charge in [-0.2, -0.15) is 5.26 Å². The number of hydrogen-bond donors (Lipinski definition) is 3. The second kappa shape index (κ2) is 8.11. The van der Waals surface area contributed by atoms with Gasteiger partial charge < -0.3 is 4.74 Å². The van der Waals surface area contributed by atoms with Crippen molar-refractivity contribution in [2.75, 3.05) is 6.61 Å². The first-order valence-electron chi connectivity index (χ1n) is 7.14. The fourth-order valence-corrected chi connectivity index (χ4v) is 2.32. The van der Waals surface area contributed by atoms with Gasteiger partial charge in [-0.1, -0.05) is 0 Å². The van der Waals surface area contributed by atoms with Gasteiger partial charge in [-0.3, -0.25) is 20.4 Å². The second-order valence-corrected chi connectivity index (χ2v) is 6.56. The van der Waals surface area contributed by atoms with Crippen LogP contribution < -0.4 is 20.7 Å². The van der Waals surface area contributed by atoms with Crippen LogP contribution in [0.5, 0.6) is 5.75 Å². The normalized spacial score (nSPS) is 10.5. The molecule has 2 aromatic carbocycles. The molecule has 2 aromatic rings. The number of hydrogen-bond acceptors (Lipinski definition) is 6. The summed E-state index contributed by atoms with van der Waals surface area (Å²) in [5, 5.41) is 13.7. The topological polar surface area (TPSA) is 151 Å². The van der Waals surface area contributed by atoms with E-state index in [2.05, 4.69) is 10.9 Å². The summed E-state index contributed by atoms with van der Waals surface area (Å²) in [5.74, 6) is -0.856. The average Bonchev–Trinajstić information content (AvgIpc) is 2.64. The monoisotopic (exact) mass is 374 g/mol. The van der Waals surface area contributed by atoms with E-state index in [1.165, 1.54) is 36.4 Å². The maximum atomic E-state index is 11.9. The molecule has 2 amide bonds. The van der Waals surface area contributed by atoms with Gasteiger partial charge in [0, 0.05) is 5.56 Å². The number of nitrogens with two attached hydrogens (primary N) is 1. The number of hydrazine groups is 1. The van der Waals surface area contributed by atoms with E-state index in [-0.39, 0.29) is 17.1 Å². The number of sulfonamides is 1. The number of amides is 2. The van der Waals surface area contributed by atoms with Crippen LogP contribution in [0.15, 0.2) is 53.4 Å². The minimum atomic E-state index is -3.84. The molecule has 10 heteroatoms. The van der Waals surface area contributed by atoms with Crippen LogP contribution in [0.2, 0.25) is 0 Å². The number of nitriles is 1. The molecule has 9 nitrogen and oxygen atoms in total. The van der Waals surface area contributed by atoms with Gasteiger partial charge >= 0.3 is 0 Å². The van der Waals surface area contributed by atoms with Gasteiger partial charge in [0.1, 0.15) is 5.75 Å². The Bertz CT molecular complexity index is 948. The van der Waals surface area contributed by atoms with E-state index in [1.54, 1.807) is 12.1 Å². The maximum absolute atomic E-state index is 11.9. The van der Waals surface area contributed by atoms with Crippen LogP contribution >= 0.6 is 0 Å². The van der Waals surface area contributed by atoms with Crippen molar-refractivity contribution in [3.63, 3.8) is 0 Å². The number of benzene rings is 2. The van der Waals surface area contributed by atoms with E-state index in [0.717, 1.165) is 0 Å². The zero-order valence-electron chi connectivity index (χ0n) is 13.3. The highest BCUT2D eigenvalue weighted by atomic mass is 32.2. The van der Waals surface area contributed by atoms with Crippen LogP contribution in [0.25, 0.3) is 0 Å². The standard InChI is InChI=1S/C16H14N4O5S/c17-9-11-1-5-13(6-2-11)25-10-15(21)19-20-16(22)12-3-7-14(8-4-12)26(18,23)24/h1-8H,10H2,(H,19,21)(H,20,22)(H2,18,23,24). The first-order valence-corrected chi connectivity index (χ1v) is 8.69. The van der Waals surface area contributed by atoms with E-state index in [4.69, 9.17) is 15.1 Å². The van der Waals surface area contributed by atoms with Crippen molar-refractivity contribution in [2.24, 2.45) is 5.14 Å². The van der Waals surface area contributed by atoms with Crippen molar-refractivity contribution < 1.29 is 22.7 Å². The number of carbonyl (C=O) groups is 2. The highest BCUT2D eigenvalue weighted by molar-refractivity contribution is 7.89. The lowest BCUT2D eigenvalue weighted by molar-refractivity contribution is -0.123. The average molecular weight is 374 g/mol. The predicted molar refractivity (Wildman–Crippen MR) is 90.1 cm³/mol. The Morgan fingerprint density at radius 2 is 1.65 bits per heavy atom. The number of rotatable bonds is 5. The highest BCUT2D eigenvalue weighted by Crippen LogP contribution is 2.11. The predicted octanol–water partition coefficient (Wildman–Crippen LogP) is 0.0457. The molecule has 4 N–H and O–H groups in total. The third-order valence-electron chi connectivity index (χ3n) is 3.11. The molecule has 0 aliphatic rings. The Morgan fingerprint density at radius 3 is 2.19 bits per heavy atom. The Balaban J connectivity index is 1.82. The molecular formula is C16H14N4O5S. The lowest BCUT2D eigenvalue weighted by atomic mass is 10.2.